The summed E-state index contributed by atoms with van der Waals surface area (Å²) in [5.41, 5.74) is 2.83. The second-order valence-corrected chi connectivity index (χ2v) is 7.15. The van der Waals surface area contributed by atoms with Crippen LogP contribution < -0.4 is 14.8 Å². The van der Waals surface area contributed by atoms with Gasteiger partial charge in [-0.3, -0.25) is 9.48 Å². The molecule has 0 aliphatic heterocycles. The van der Waals surface area contributed by atoms with Crippen molar-refractivity contribution in [3.05, 3.63) is 51.3 Å². The predicted octanol–water partition coefficient (Wildman–Crippen LogP) is 2.68. The molecule has 0 aliphatic rings. The van der Waals surface area contributed by atoms with E-state index in [9.17, 15) is 4.79 Å². The number of methoxy groups -OCH3 is 2. The molecule has 2 heterocycles. The number of benzene rings is 1. The smallest absolute Gasteiger partial charge is 0.316 e. The molecule has 1 N–H and O–H groups in total. The van der Waals surface area contributed by atoms with Gasteiger partial charge in [0.05, 0.1) is 30.1 Å². The zero-order valence-corrected chi connectivity index (χ0v) is 18.2. The highest BCUT2D eigenvalue weighted by Crippen LogP contribution is 2.27. The van der Waals surface area contributed by atoms with Crippen molar-refractivity contribution in [1.29, 1.82) is 0 Å². The average Bonchev–Trinajstić information content (AvgIpc) is 3.28. The largest absolute Gasteiger partial charge is 0.493 e. The molecular formula is C19H22BrN5O4. The number of amides is 1. The van der Waals surface area contributed by atoms with Gasteiger partial charge in [0.25, 0.3) is 0 Å². The summed E-state index contributed by atoms with van der Waals surface area (Å²) in [5, 5.41) is 11.0. The SMILES string of the molecule is COc1ccc(CCNC(=O)c2nc(Cn3nc(C)c(Br)c3C)no2)cc1OC. The molecule has 9 nitrogen and oxygen atoms in total. The maximum Gasteiger partial charge on any atom is 0.316 e. The van der Waals surface area contributed by atoms with Crippen LogP contribution in [0.25, 0.3) is 0 Å². The summed E-state index contributed by atoms with van der Waals surface area (Å²) in [6, 6.07) is 5.63. The van der Waals surface area contributed by atoms with Crippen LogP contribution in [0.15, 0.2) is 27.2 Å². The van der Waals surface area contributed by atoms with Crippen LogP contribution in [0.5, 0.6) is 11.5 Å². The molecule has 0 spiro atoms. The third-order valence-corrected chi connectivity index (χ3v) is 5.54. The van der Waals surface area contributed by atoms with E-state index in [0.29, 0.717) is 36.8 Å². The van der Waals surface area contributed by atoms with Crippen LogP contribution in [0, 0.1) is 13.8 Å². The van der Waals surface area contributed by atoms with E-state index in [1.807, 2.05) is 32.0 Å². The number of halogens is 1. The Balaban J connectivity index is 1.56. The molecule has 0 radical (unpaired) electrons. The Morgan fingerprint density at radius 1 is 1.24 bits per heavy atom. The number of aromatic nitrogens is 4. The van der Waals surface area contributed by atoms with Gasteiger partial charge in [0.15, 0.2) is 17.3 Å². The van der Waals surface area contributed by atoms with Crippen molar-refractivity contribution in [1.82, 2.24) is 25.2 Å². The van der Waals surface area contributed by atoms with E-state index in [-0.39, 0.29) is 5.89 Å². The fraction of sp³-hybridized carbons (Fsp3) is 0.368. The third kappa shape index (κ3) is 4.76. The van der Waals surface area contributed by atoms with Crippen LogP contribution in [-0.2, 0) is 13.0 Å². The maximum atomic E-state index is 12.3. The number of hydrogen-bond acceptors (Lipinski definition) is 7. The van der Waals surface area contributed by atoms with Crippen LogP contribution in [0.4, 0.5) is 0 Å². The van der Waals surface area contributed by atoms with Gasteiger partial charge in [0.2, 0.25) is 0 Å². The summed E-state index contributed by atoms with van der Waals surface area (Å²) in [6.45, 7) is 4.57. The van der Waals surface area contributed by atoms with E-state index in [4.69, 9.17) is 14.0 Å². The summed E-state index contributed by atoms with van der Waals surface area (Å²) in [6.07, 6.45) is 0.618. The fourth-order valence-electron chi connectivity index (χ4n) is 2.81. The zero-order chi connectivity index (χ0) is 21.0. The van der Waals surface area contributed by atoms with Gasteiger partial charge < -0.3 is 19.3 Å². The number of nitrogens with zero attached hydrogens (tertiary/aromatic N) is 4. The Hall–Kier alpha value is -2.88. The normalized spacial score (nSPS) is 10.8. The predicted molar refractivity (Wildman–Crippen MR) is 108 cm³/mol. The lowest BCUT2D eigenvalue weighted by atomic mass is 10.1. The van der Waals surface area contributed by atoms with Crippen LogP contribution in [0.2, 0.25) is 0 Å². The van der Waals surface area contributed by atoms with Crippen molar-refractivity contribution in [2.45, 2.75) is 26.8 Å². The Kier molecular flexibility index (Phi) is 6.53. The quantitative estimate of drug-likeness (QED) is 0.547. The first-order valence-corrected chi connectivity index (χ1v) is 9.73. The maximum absolute atomic E-state index is 12.3. The fourth-order valence-corrected chi connectivity index (χ4v) is 3.09. The van der Waals surface area contributed by atoms with Crippen molar-refractivity contribution < 1.29 is 18.8 Å². The lowest BCUT2D eigenvalue weighted by molar-refractivity contribution is 0.0910. The molecular weight excluding hydrogens is 442 g/mol. The Morgan fingerprint density at radius 2 is 2.00 bits per heavy atom. The molecule has 29 heavy (non-hydrogen) atoms. The Bertz CT molecular complexity index is 1010. The van der Waals surface area contributed by atoms with Crippen molar-refractivity contribution in [2.24, 2.45) is 0 Å². The topological polar surface area (TPSA) is 104 Å². The van der Waals surface area contributed by atoms with Gasteiger partial charge in [-0.05, 0) is 53.9 Å². The van der Waals surface area contributed by atoms with Gasteiger partial charge in [0, 0.05) is 6.54 Å². The summed E-state index contributed by atoms with van der Waals surface area (Å²) in [5.74, 6) is 1.20. The second-order valence-electron chi connectivity index (χ2n) is 6.35. The van der Waals surface area contributed by atoms with Crippen LogP contribution in [-0.4, -0.2) is 46.6 Å². The summed E-state index contributed by atoms with van der Waals surface area (Å²) < 4.78 is 18.3. The standard InChI is InChI=1S/C19H22BrN5O4/c1-11-17(20)12(2)25(23-11)10-16-22-19(29-24-16)18(26)21-8-7-13-5-6-14(27-3)15(9-13)28-4/h5-6,9H,7-8,10H2,1-4H3,(H,21,26). The van der Waals surface area contributed by atoms with Gasteiger partial charge in [-0.15, -0.1) is 0 Å². The molecule has 0 saturated carbocycles. The van der Waals surface area contributed by atoms with Crippen molar-refractivity contribution >= 4 is 21.8 Å². The van der Waals surface area contributed by atoms with Gasteiger partial charge in [0.1, 0.15) is 6.54 Å². The monoisotopic (exact) mass is 463 g/mol. The van der Waals surface area contributed by atoms with Gasteiger partial charge in [-0.25, -0.2) is 0 Å². The summed E-state index contributed by atoms with van der Waals surface area (Å²) in [7, 11) is 3.17. The molecule has 0 atom stereocenters. The number of rotatable bonds is 8. The minimum Gasteiger partial charge on any atom is -0.493 e. The minimum absolute atomic E-state index is 0.0760. The molecule has 0 fully saturated rings. The molecule has 1 aromatic carbocycles. The van der Waals surface area contributed by atoms with E-state index in [1.165, 1.54) is 0 Å². The third-order valence-electron chi connectivity index (χ3n) is 4.39. The average molecular weight is 464 g/mol. The number of carbonyl (C=O) groups is 1. The first kappa shape index (κ1) is 20.8. The Labute approximate surface area is 176 Å². The number of aryl methyl sites for hydroxylation is 1. The molecule has 154 valence electrons. The molecule has 0 unspecified atom stereocenters. The van der Waals surface area contributed by atoms with E-state index < -0.39 is 5.91 Å². The lowest BCUT2D eigenvalue weighted by Gasteiger charge is -2.09. The molecule has 10 heteroatoms. The molecule has 0 saturated heterocycles. The summed E-state index contributed by atoms with van der Waals surface area (Å²) >= 11 is 3.48. The first-order valence-electron chi connectivity index (χ1n) is 8.94. The van der Waals surface area contributed by atoms with E-state index in [1.54, 1.807) is 18.9 Å². The molecule has 1 amide bonds. The van der Waals surface area contributed by atoms with Gasteiger partial charge in [-0.1, -0.05) is 11.2 Å². The highest BCUT2D eigenvalue weighted by Gasteiger charge is 2.17. The van der Waals surface area contributed by atoms with Crippen molar-refractivity contribution in [2.75, 3.05) is 20.8 Å². The van der Waals surface area contributed by atoms with E-state index >= 15 is 0 Å². The minimum atomic E-state index is -0.418. The zero-order valence-electron chi connectivity index (χ0n) is 16.7. The molecule has 0 bridgehead atoms. The number of carbonyl (C=O) groups excluding carboxylic acids is 1. The van der Waals surface area contributed by atoms with Crippen molar-refractivity contribution in [3.63, 3.8) is 0 Å². The highest BCUT2D eigenvalue weighted by atomic mass is 79.9. The number of ether oxygens (including phenoxy) is 2. The molecule has 3 aromatic rings. The van der Waals surface area contributed by atoms with Crippen LogP contribution in [0.1, 0.15) is 33.5 Å². The van der Waals surface area contributed by atoms with E-state index in [2.05, 4.69) is 36.5 Å². The van der Waals surface area contributed by atoms with Gasteiger partial charge in [-0.2, -0.15) is 10.1 Å². The molecule has 3 rings (SSSR count). The van der Waals surface area contributed by atoms with E-state index in [0.717, 1.165) is 21.4 Å². The number of hydrogen-bond donors (Lipinski definition) is 1. The first-order chi connectivity index (χ1) is 13.9. The van der Waals surface area contributed by atoms with Crippen LogP contribution in [0.3, 0.4) is 0 Å². The second kappa shape index (κ2) is 9.08. The highest BCUT2D eigenvalue weighted by molar-refractivity contribution is 9.10. The number of nitrogens with one attached hydrogen (secondary N) is 1. The van der Waals surface area contributed by atoms with Gasteiger partial charge >= 0.3 is 11.8 Å². The molecule has 0 aliphatic carbocycles. The summed E-state index contributed by atoms with van der Waals surface area (Å²) in [4.78, 5) is 16.4. The molecule has 2 aromatic heterocycles. The van der Waals surface area contributed by atoms with Crippen molar-refractivity contribution in [3.8, 4) is 11.5 Å². The Morgan fingerprint density at radius 3 is 2.66 bits per heavy atom. The lowest BCUT2D eigenvalue weighted by Crippen LogP contribution is -2.26. The van der Waals surface area contributed by atoms with Crippen LogP contribution >= 0.6 is 15.9 Å².